The standard InChI is InChI=1S/C21H20Cl2N6O4/c1-12-9-13(22)10-14(20(30)25-7-8-26-33-3)18(12)27-21(31)16-11-17(32-2)28-29(16)19-15(23)5-4-6-24-19/h4-6,8-11H,7H2,1-3H3,(H,25,30)(H,27,31)/b26-8+. The van der Waals surface area contributed by atoms with Crippen molar-refractivity contribution in [3.8, 4) is 11.7 Å². The molecule has 0 aliphatic rings. The Hall–Kier alpha value is -3.63. The molecule has 0 saturated carbocycles. The van der Waals surface area contributed by atoms with E-state index in [1.807, 2.05) is 0 Å². The van der Waals surface area contributed by atoms with Gasteiger partial charge in [0.15, 0.2) is 5.82 Å². The van der Waals surface area contributed by atoms with Gasteiger partial charge in [-0.15, -0.1) is 5.10 Å². The van der Waals surface area contributed by atoms with E-state index in [4.69, 9.17) is 27.9 Å². The molecule has 3 rings (SSSR count). The zero-order valence-corrected chi connectivity index (χ0v) is 19.4. The molecule has 0 fully saturated rings. The van der Waals surface area contributed by atoms with Crippen LogP contribution in [0.5, 0.6) is 5.88 Å². The third-order valence-corrected chi connectivity index (χ3v) is 4.90. The molecule has 1 aromatic carbocycles. The number of hydrogen-bond acceptors (Lipinski definition) is 7. The van der Waals surface area contributed by atoms with E-state index in [1.54, 1.807) is 25.1 Å². The summed E-state index contributed by atoms with van der Waals surface area (Å²) in [5.74, 6) is -0.591. The highest BCUT2D eigenvalue weighted by atomic mass is 35.5. The molecule has 0 aliphatic carbocycles. The van der Waals surface area contributed by atoms with Crippen molar-refractivity contribution in [2.45, 2.75) is 6.92 Å². The third kappa shape index (κ3) is 5.60. The van der Waals surface area contributed by atoms with Crippen LogP contribution < -0.4 is 15.4 Å². The monoisotopic (exact) mass is 490 g/mol. The van der Waals surface area contributed by atoms with Gasteiger partial charge in [-0.05, 0) is 36.8 Å². The van der Waals surface area contributed by atoms with E-state index in [-0.39, 0.29) is 40.2 Å². The first-order chi connectivity index (χ1) is 15.8. The number of amides is 2. The number of anilines is 1. The van der Waals surface area contributed by atoms with Gasteiger partial charge in [0.1, 0.15) is 12.8 Å². The zero-order valence-electron chi connectivity index (χ0n) is 17.9. The molecule has 2 heterocycles. The minimum Gasteiger partial charge on any atom is -0.480 e. The van der Waals surface area contributed by atoms with Gasteiger partial charge in [-0.3, -0.25) is 9.59 Å². The Morgan fingerprint density at radius 1 is 1.21 bits per heavy atom. The average Bonchev–Trinajstić information content (AvgIpc) is 3.23. The van der Waals surface area contributed by atoms with E-state index in [1.165, 1.54) is 43.4 Å². The van der Waals surface area contributed by atoms with Crippen molar-refractivity contribution >= 4 is 46.9 Å². The van der Waals surface area contributed by atoms with Gasteiger partial charge in [0.2, 0.25) is 5.88 Å². The first-order valence-electron chi connectivity index (χ1n) is 9.55. The van der Waals surface area contributed by atoms with Crippen molar-refractivity contribution in [3.63, 3.8) is 0 Å². The first-order valence-corrected chi connectivity index (χ1v) is 10.3. The number of carbonyl (C=O) groups excluding carboxylic acids is 2. The molecule has 0 aliphatic heterocycles. The summed E-state index contributed by atoms with van der Waals surface area (Å²) >= 11 is 12.4. The van der Waals surface area contributed by atoms with Gasteiger partial charge in [0.05, 0.1) is 36.1 Å². The molecule has 0 unspecified atom stereocenters. The Balaban J connectivity index is 1.97. The van der Waals surface area contributed by atoms with Crippen LogP contribution in [0.25, 0.3) is 5.82 Å². The van der Waals surface area contributed by atoms with Gasteiger partial charge in [0.25, 0.3) is 11.8 Å². The number of benzene rings is 1. The molecule has 33 heavy (non-hydrogen) atoms. The summed E-state index contributed by atoms with van der Waals surface area (Å²) in [6.07, 6.45) is 2.91. The molecular weight excluding hydrogens is 471 g/mol. The van der Waals surface area contributed by atoms with E-state index in [0.29, 0.717) is 10.6 Å². The van der Waals surface area contributed by atoms with Crippen molar-refractivity contribution < 1.29 is 19.2 Å². The Morgan fingerprint density at radius 2 is 2.00 bits per heavy atom. The summed E-state index contributed by atoms with van der Waals surface area (Å²) in [6.45, 7) is 1.84. The second-order valence-electron chi connectivity index (χ2n) is 6.57. The number of pyridine rings is 1. The van der Waals surface area contributed by atoms with Crippen LogP contribution in [0.2, 0.25) is 10.0 Å². The number of carbonyl (C=O) groups is 2. The third-order valence-electron chi connectivity index (χ3n) is 4.39. The summed E-state index contributed by atoms with van der Waals surface area (Å²) in [7, 11) is 2.82. The molecular formula is C21H20Cl2N6O4. The number of nitrogens with one attached hydrogen (secondary N) is 2. The van der Waals surface area contributed by atoms with Crippen LogP contribution in [0.4, 0.5) is 5.69 Å². The summed E-state index contributed by atoms with van der Waals surface area (Å²) in [5.41, 5.74) is 1.14. The first kappa shape index (κ1) is 24.0. The minimum atomic E-state index is -0.562. The Labute approximate surface area is 199 Å². The lowest BCUT2D eigenvalue weighted by Gasteiger charge is -2.15. The maximum Gasteiger partial charge on any atom is 0.274 e. The molecule has 0 saturated heterocycles. The molecule has 0 spiro atoms. The number of oxime groups is 1. The fourth-order valence-electron chi connectivity index (χ4n) is 2.93. The van der Waals surface area contributed by atoms with Gasteiger partial charge in [-0.25, -0.2) is 9.67 Å². The maximum absolute atomic E-state index is 13.3. The van der Waals surface area contributed by atoms with Crippen molar-refractivity contribution in [1.29, 1.82) is 0 Å². The summed E-state index contributed by atoms with van der Waals surface area (Å²) in [4.78, 5) is 34.8. The second kappa shape index (κ2) is 10.8. The van der Waals surface area contributed by atoms with E-state index >= 15 is 0 Å². The van der Waals surface area contributed by atoms with Crippen LogP contribution in [-0.4, -0.2) is 53.6 Å². The molecule has 0 bridgehead atoms. The number of nitrogens with zero attached hydrogens (tertiary/aromatic N) is 4. The van der Waals surface area contributed by atoms with Crippen molar-refractivity contribution in [2.75, 3.05) is 26.1 Å². The lowest BCUT2D eigenvalue weighted by atomic mass is 10.1. The quantitative estimate of drug-likeness (QED) is 0.368. The van der Waals surface area contributed by atoms with Crippen LogP contribution in [-0.2, 0) is 4.84 Å². The fourth-order valence-corrected chi connectivity index (χ4v) is 3.40. The van der Waals surface area contributed by atoms with Gasteiger partial charge >= 0.3 is 0 Å². The van der Waals surface area contributed by atoms with E-state index < -0.39 is 11.8 Å². The van der Waals surface area contributed by atoms with Gasteiger partial charge in [-0.1, -0.05) is 28.4 Å². The molecule has 0 radical (unpaired) electrons. The molecule has 2 amide bonds. The molecule has 172 valence electrons. The Kier molecular flexibility index (Phi) is 7.86. The van der Waals surface area contributed by atoms with Gasteiger partial charge in [-0.2, -0.15) is 0 Å². The van der Waals surface area contributed by atoms with Crippen molar-refractivity contribution in [3.05, 3.63) is 63.4 Å². The summed E-state index contributed by atoms with van der Waals surface area (Å²) in [6, 6.07) is 7.81. The van der Waals surface area contributed by atoms with Crippen LogP contribution in [0.1, 0.15) is 26.4 Å². The van der Waals surface area contributed by atoms with Crippen LogP contribution in [0.15, 0.2) is 41.7 Å². The van der Waals surface area contributed by atoms with E-state index in [9.17, 15) is 9.59 Å². The molecule has 10 nitrogen and oxygen atoms in total. The number of rotatable bonds is 8. The highest BCUT2D eigenvalue weighted by molar-refractivity contribution is 6.32. The SMILES string of the molecule is CO/N=C/CNC(=O)c1cc(Cl)cc(C)c1NC(=O)c1cc(OC)nn1-c1ncccc1Cl. The number of halogens is 2. The largest absolute Gasteiger partial charge is 0.480 e. The van der Waals surface area contributed by atoms with E-state index in [2.05, 4.69) is 30.7 Å². The lowest BCUT2D eigenvalue weighted by molar-refractivity contribution is 0.0960. The summed E-state index contributed by atoms with van der Waals surface area (Å²) < 4.78 is 6.44. The van der Waals surface area contributed by atoms with Crippen LogP contribution in [0, 0.1) is 6.92 Å². The smallest absolute Gasteiger partial charge is 0.274 e. The number of aromatic nitrogens is 3. The zero-order chi connectivity index (χ0) is 24.0. The Bertz CT molecular complexity index is 1210. The highest BCUT2D eigenvalue weighted by Crippen LogP contribution is 2.28. The number of hydrogen-bond donors (Lipinski definition) is 2. The maximum atomic E-state index is 13.3. The highest BCUT2D eigenvalue weighted by Gasteiger charge is 2.23. The van der Waals surface area contributed by atoms with Gasteiger partial charge in [0, 0.05) is 17.3 Å². The lowest BCUT2D eigenvalue weighted by Crippen LogP contribution is -2.27. The fraction of sp³-hybridized carbons (Fsp3) is 0.190. The molecule has 2 N–H and O–H groups in total. The number of aryl methyl sites for hydroxylation is 1. The van der Waals surface area contributed by atoms with Crippen LogP contribution >= 0.6 is 23.2 Å². The summed E-state index contributed by atoms with van der Waals surface area (Å²) in [5, 5.41) is 13.9. The van der Waals surface area contributed by atoms with Crippen molar-refractivity contribution in [2.24, 2.45) is 5.16 Å². The normalized spacial score (nSPS) is 10.8. The second-order valence-corrected chi connectivity index (χ2v) is 7.42. The topological polar surface area (TPSA) is 120 Å². The van der Waals surface area contributed by atoms with Crippen molar-refractivity contribution in [1.82, 2.24) is 20.1 Å². The molecule has 12 heteroatoms. The number of ether oxygens (including phenoxy) is 1. The predicted octanol–water partition coefficient (Wildman–Crippen LogP) is 3.51. The Morgan fingerprint density at radius 3 is 2.70 bits per heavy atom. The predicted molar refractivity (Wildman–Crippen MR) is 125 cm³/mol. The van der Waals surface area contributed by atoms with E-state index in [0.717, 1.165) is 0 Å². The van der Waals surface area contributed by atoms with Gasteiger partial charge < -0.3 is 20.2 Å². The minimum absolute atomic E-state index is 0.0976. The van der Waals surface area contributed by atoms with Crippen LogP contribution in [0.3, 0.4) is 0 Å². The average molecular weight is 491 g/mol. The molecule has 3 aromatic rings. The molecule has 0 atom stereocenters. The number of methoxy groups -OCH3 is 1. The molecule has 2 aromatic heterocycles.